The van der Waals surface area contributed by atoms with Crippen molar-refractivity contribution in [2.24, 2.45) is 0 Å². The lowest BCUT2D eigenvalue weighted by atomic mass is 10.1. The van der Waals surface area contributed by atoms with E-state index in [0.29, 0.717) is 37.6 Å². The zero-order valence-electron chi connectivity index (χ0n) is 12.7. The molecular formula is C16H21ClN2O3. The maximum atomic E-state index is 12.3. The number of hydrogen-bond donors (Lipinski definition) is 1. The number of rotatable bonds is 5. The summed E-state index contributed by atoms with van der Waals surface area (Å²) in [5, 5.41) is 9.79. The highest BCUT2D eigenvalue weighted by molar-refractivity contribution is 6.31. The Kier molecular flexibility index (Phi) is 5.80. The Balaban J connectivity index is 1.90. The molecule has 1 aromatic rings. The quantitative estimate of drug-likeness (QED) is 0.898. The third-order valence-electron chi connectivity index (χ3n) is 4.08. The Labute approximate surface area is 135 Å². The van der Waals surface area contributed by atoms with Crippen LogP contribution in [0.4, 0.5) is 0 Å². The second-order valence-corrected chi connectivity index (χ2v) is 5.85. The van der Waals surface area contributed by atoms with Crippen molar-refractivity contribution in [3.8, 4) is 0 Å². The lowest BCUT2D eigenvalue weighted by Gasteiger charge is -2.37. The molecule has 0 saturated carbocycles. The van der Waals surface area contributed by atoms with Crippen LogP contribution in [0.2, 0.25) is 5.02 Å². The van der Waals surface area contributed by atoms with E-state index in [1.165, 1.54) is 0 Å². The van der Waals surface area contributed by atoms with Crippen molar-refractivity contribution in [2.45, 2.75) is 25.8 Å². The summed E-state index contributed by atoms with van der Waals surface area (Å²) in [6.07, 6.45) is 0.860. The summed E-state index contributed by atoms with van der Waals surface area (Å²) in [6.45, 7) is 4.19. The number of carboxylic acids is 1. The van der Waals surface area contributed by atoms with Crippen molar-refractivity contribution >= 4 is 23.5 Å². The Morgan fingerprint density at radius 1 is 1.23 bits per heavy atom. The van der Waals surface area contributed by atoms with E-state index in [1.807, 2.05) is 30.0 Å². The SMILES string of the molecule is CCC(C(=O)O)N1CCN(C(=O)Cc2ccccc2Cl)CC1. The van der Waals surface area contributed by atoms with Gasteiger partial charge in [-0.25, -0.2) is 0 Å². The molecule has 1 heterocycles. The molecule has 0 radical (unpaired) electrons. The van der Waals surface area contributed by atoms with E-state index in [0.717, 1.165) is 5.56 Å². The number of hydrogen-bond acceptors (Lipinski definition) is 3. The smallest absolute Gasteiger partial charge is 0.320 e. The van der Waals surface area contributed by atoms with Gasteiger partial charge in [0.1, 0.15) is 6.04 Å². The molecule has 5 nitrogen and oxygen atoms in total. The molecule has 0 aliphatic carbocycles. The van der Waals surface area contributed by atoms with E-state index in [4.69, 9.17) is 11.6 Å². The Hall–Kier alpha value is -1.59. The first-order valence-corrected chi connectivity index (χ1v) is 7.88. The first kappa shape index (κ1) is 16.8. The van der Waals surface area contributed by atoms with E-state index < -0.39 is 12.0 Å². The predicted molar refractivity (Wildman–Crippen MR) is 85.0 cm³/mol. The van der Waals surface area contributed by atoms with E-state index in [9.17, 15) is 14.7 Å². The molecule has 6 heteroatoms. The minimum absolute atomic E-state index is 0.0381. The first-order valence-electron chi connectivity index (χ1n) is 7.51. The minimum Gasteiger partial charge on any atom is -0.480 e. The average molecular weight is 325 g/mol. The Morgan fingerprint density at radius 2 is 1.86 bits per heavy atom. The molecule has 22 heavy (non-hydrogen) atoms. The number of benzene rings is 1. The molecular weight excluding hydrogens is 304 g/mol. The van der Waals surface area contributed by atoms with Gasteiger partial charge in [-0.15, -0.1) is 0 Å². The molecule has 1 atom stereocenters. The maximum absolute atomic E-state index is 12.3. The van der Waals surface area contributed by atoms with E-state index >= 15 is 0 Å². The molecule has 0 spiro atoms. The Morgan fingerprint density at radius 3 is 2.41 bits per heavy atom. The van der Waals surface area contributed by atoms with Crippen LogP contribution in [0.5, 0.6) is 0 Å². The Bertz CT molecular complexity index is 542. The van der Waals surface area contributed by atoms with Crippen LogP contribution in [0.25, 0.3) is 0 Å². The summed E-state index contributed by atoms with van der Waals surface area (Å²) in [5.41, 5.74) is 0.827. The first-order chi connectivity index (χ1) is 10.5. The van der Waals surface area contributed by atoms with Gasteiger partial charge in [-0.2, -0.15) is 0 Å². The van der Waals surface area contributed by atoms with Gasteiger partial charge in [0.2, 0.25) is 5.91 Å². The van der Waals surface area contributed by atoms with Crippen LogP contribution in [0.15, 0.2) is 24.3 Å². The van der Waals surface area contributed by atoms with E-state index in [-0.39, 0.29) is 12.3 Å². The molecule has 1 aliphatic heterocycles. The van der Waals surface area contributed by atoms with Crippen LogP contribution in [-0.4, -0.2) is 59.0 Å². The molecule has 1 fully saturated rings. The van der Waals surface area contributed by atoms with Crippen LogP contribution in [0.3, 0.4) is 0 Å². The summed E-state index contributed by atoms with van der Waals surface area (Å²) >= 11 is 6.08. The van der Waals surface area contributed by atoms with Crippen molar-refractivity contribution in [1.82, 2.24) is 9.80 Å². The number of piperazine rings is 1. The van der Waals surface area contributed by atoms with Crippen LogP contribution in [0, 0.1) is 0 Å². The molecule has 120 valence electrons. The largest absolute Gasteiger partial charge is 0.480 e. The number of aliphatic carboxylic acids is 1. The van der Waals surface area contributed by atoms with E-state index in [1.54, 1.807) is 11.0 Å². The number of carboxylic acid groups (broad SMARTS) is 1. The van der Waals surface area contributed by atoms with Gasteiger partial charge < -0.3 is 10.0 Å². The third kappa shape index (κ3) is 3.99. The highest BCUT2D eigenvalue weighted by Crippen LogP contribution is 2.17. The minimum atomic E-state index is -0.793. The van der Waals surface area contributed by atoms with Crippen LogP contribution in [0.1, 0.15) is 18.9 Å². The molecule has 0 aromatic heterocycles. The topological polar surface area (TPSA) is 60.9 Å². The van der Waals surface area contributed by atoms with Gasteiger partial charge in [-0.3, -0.25) is 14.5 Å². The summed E-state index contributed by atoms with van der Waals surface area (Å²) < 4.78 is 0. The van der Waals surface area contributed by atoms with Gasteiger partial charge >= 0.3 is 5.97 Å². The standard InChI is InChI=1S/C16H21ClN2O3/c1-2-14(16(21)22)18-7-9-19(10-8-18)15(20)11-12-5-3-4-6-13(12)17/h3-6,14H,2,7-11H2,1H3,(H,21,22). The molecule has 1 N–H and O–H groups in total. The molecule has 0 bridgehead atoms. The summed E-state index contributed by atoms with van der Waals surface area (Å²) in [7, 11) is 0. The average Bonchev–Trinajstić information content (AvgIpc) is 2.50. The lowest BCUT2D eigenvalue weighted by molar-refractivity contribution is -0.144. The molecule has 1 saturated heterocycles. The second-order valence-electron chi connectivity index (χ2n) is 5.45. The highest BCUT2D eigenvalue weighted by Gasteiger charge is 2.29. The van der Waals surface area contributed by atoms with Gasteiger partial charge in [-0.1, -0.05) is 36.7 Å². The van der Waals surface area contributed by atoms with Crippen LogP contribution < -0.4 is 0 Å². The number of amides is 1. The number of nitrogens with zero attached hydrogens (tertiary/aromatic N) is 2. The van der Waals surface area contributed by atoms with Crippen molar-refractivity contribution < 1.29 is 14.7 Å². The second kappa shape index (κ2) is 7.61. The zero-order chi connectivity index (χ0) is 16.1. The fourth-order valence-corrected chi connectivity index (χ4v) is 2.99. The summed E-state index contributed by atoms with van der Waals surface area (Å²) in [5.74, 6) is -0.755. The molecule has 1 aromatic carbocycles. The number of carbonyl (C=O) groups is 2. The van der Waals surface area contributed by atoms with Crippen molar-refractivity contribution in [1.29, 1.82) is 0 Å². The van der Waals surface area contributed by atoms with Crippen molar-refractivity contribution in [3.05, 3.63) is 34.9 Å². The summed E-state index contributed by atoms with van der Waals surface area (Å²) in [6, 6.07) is 6.88. The number of halogens is 1. The number of carbonyl (C=O) groups excluding carboxylic acids is 1. The predicted octanol–water partition coefficient (Wildman–Crippen LogP) is 1.89. The monoisotopic (exact) mass is 324 g/mol. The van der Waals surface area contributed by atoms with Crippen molar-refractivity contribution in [3.63, 3.8) is 0 Å². The van der Waals surface area contributed by atoms with E-state index in [2.05, 4.69) is 0 Å². The molecule has 1 amide bonds. The normalized spacial score (nSPS) is 17.3. The fraction of sp³-hybridized carbons (Fsp3) is 0.500. The maximum Gasteiger partial charge on any atom is 0.320 e. The van der Waals surface area contributed by atoms with Gasteiger partial charge in [0.05, 0.1) is 6.42 Å². The zero-order valence-corrected chi connectivity index (χ0v) is 13.4. The van der Waals surface area contributed by atoms with Gasteiger partial charge in [0, 0.05) is 31.2 Å². The van der Waals surface area contributed by atoms with Crippen LogP contribution >= 0.6 is 11.6 Å². The molecule has 2 rings (SSSR count). The van der Waals surface area contributed by atoms with Gasteiger partial charge in [0.15, 0.2) is 0 Å². The molecule has 1 aliphatic rings. The summed E-state index contributed by atoms with van der Waals surface area (Å²) in [4.78, 5) is 27.2. The highest BCUT2D eigenvalue weighted by atomic mass is 35.5. The molecule has 1 unspecified atom stereocenters. The third-order valence-corrected chi connectivity index (χ3v) is 4.45. The van der Waals surface area contributed by atoms with Gasteiger partial charge in [-0.05, 0) is 18.1 Å². The van der Waals surface area contributed by atoms with Gasteiger partial charge in [0.25, 0.3) is 0 Å². The lowest BCUT2D eigenvalue weighted by Crippen LogP contribution is -2.54. The fourth-order valence-electron chi connectivity index (χ4n) is 2.79. The van der Waals surface area contributed by atoms with Crippen molar-refractivity contribution in [2.75, 3.05) is 26.2 Å². The van der Waals surface area contributed by atoms with Crippen LogP contribution in [-0.2, 0) is 16.0 Å².